The van der Waals surface area contributed by atoms with Crippen LogP contribution in [0.2, 0.25) is 0 Å². The highest BCUT2D eigenvalue weighted by atomic mass is 35.5. The normalized spacial score (nSPS) is 11.4. The second-order valence-corrected chi connectivity index (χ2v) is 18.8. The summed E-state index contributed by atoms with van der Waals surface area (Å²) >= 11 is 7.22. The molecule has 0 aliphatic carbocycles. The summed E-state index contributed by atoms with van der Waals surface area (Å²) in [6.07, 6.45) is 6.40. The van der Waals surface area contributed by atoms with Crippen molar-refractivity contribution in [3.05, 3.63) is 95.6 Å². The number of alkyl halides is 2. The van der Waals surface area contributed by atoms with Gasteiger partial charge in [0.25, 0.3) is 8.53 Å². The van der Waals surface area contributed by atoms with Crippen LogP contribution < -0.4 is 9.47 Å². The van der Waals surface area contributed by atoms with E-state index in [1.165, 1.54) is 20.0 Å². The number of aliphatic carboxylic acids is 1. The van der Waals surface area contributed by atoms with Crippen LogP contribution in [0.4, 0.5) is 4.39 Å². The van der Waals surface area contributed by atoms with Crippen molar-refractivity contribution in [3.63, 3.8) is 0 Å². The van der Waals surface area contributed by atoms with Crippen molar-refractivity contribution in [1.29, 1.82) is 5.26 Å². The van der Waals surface area contributed by atoms with Gasteiger partial charge < -0.3 is 57.9 Å². The maximum atomic E-state index is 10.8. The summed E-state index contributed by atoms with van der Waals surface area (Å²) in [5.41, 5.74) is 2.99. The van der Waals surface area contributed by atoms with E-state index < -0.39 is 32.5 Å². The number of rotatable bonds is 26. The van der Waals surface area contributed by atoms with Crippen molar-refractivity contribution < 1.29 is 82.8 Å². The highest BCUT2D eigenvalue weighted by Gasteiger charge is 2.34. The number of nitrogens with zero attached hydrogens (tertiary/aromatic N) is 2. The summed E-state index contributed by atoms with van der Waals surface area (Å²) in [4.78, 5) is 41.2. The molecule has 18 nitrogen and oxygen atoms in total. The monoisotopic (exact) mass is 1160 g/mol. The number of aliphatic hydroxyl groups is 3. The molecule has 0 spiro atoms. The van der Waals surface area contributed by atoms with Crippen LogP contribution in [-0.4, -0.2) is 149 Å². The van der Waals surface area contributed by atoms with Crippen LogP contribution >= 0.6 is 20.1 Å². The van der Waals surface area contributed by atoms with Gasteiger partial charge in [0.15, 0.2) is 0 Å². The molecule has 0 amide bonds. The van der Waals surface area contributed by atoms with Crippen LogP contribution in [-0.2, 0) is 52.0 Å². The van der Waals surface area contributed by atoms with Crippen molar-refractivity contribution in [2.45, 2.75) is 143 Å². The standard InChI is InChI=1S/C21H19ClO2.C12H25N2O2P.C8H14O4.C7H12O4.C4H8O.C3H8O.C2H6O2.CH3F/c1-23-19-12-8-17(9-13-19)21(22,16-6-4-3-5-7-16)18-10-14-20(24-2)15-11-18;1-6-9-15-17(16-10-7-8-13)14(11(2)3)12(4)5;1-3-6-12-8(10)5-4-7(9)11-2;1-2-5-11-7(10)4-3-6(8)9;1-2-4-5-3-1;1-2-3-4;3-1-2-4;1-2/h3-15H,1-2H3;11-12H,6-7,9-10H2,1-5H3;3-6H2,1-2H3;2-5H2,1H3,(H,8,9);1-4H2;4H,2-3H2,1H3;3-4H,1-2H2;1H3/i;;;;;;;1D. The van der Waals surface area contributed by atoms with Crippen molar-refractivity contribution >= 4 is 44.0 Å². The Bertz CT molecular complexity index is 1880. The average molecular weight is 1160 g/mol. The first-order valence-electron chi connectivity index (χ1n) is 27.1. The van der Waals surface area contributed by atoms with Crippen molar-refractivity contribution in [2.24, 2.45) is 0 Å². The smallest absolute Gasteiger partial charge is 0.306 e. The number of hydrogen-bond donors (Lipinski definition) is 4. The predicted molar refractivity (Wildman–Crippen MR) is 309 cm³/mol. The third kappa shape index (κ3) is 42.5. The number of benzene rings is 3. The van der Waals surface area contributed by atoms with E-state index in [1.807, 2.05) is 99.6 Å². The molecule has 1 unspecified atom stereocenters. The SMILES string of the molecule is C1CCOC1.CCCO.CCCOC(=O)CCC(=O)O.CCCOC(=O)CCC(=O)OC.CCCOP(OCCC#N)N(C(C)C)C(C)C.COc1ccc(C(Cl)(c2ccccc2)c2ccc(OC)cc2)cc1.OCCO.[2H]CF. The maximum absolute atomic E-state index is 10.8. The number of ether oxygens (including phenoxy) is 6. The van der Waals surface area contributed by atoms with E-state index in [-0.39, 0.29) is 50.8 Å². The van der Waals surface area contributed by atoms with Gasteiger partial charge in [0.2, 0.25) is 0 Å². The molecule has 452 valence electrons. The molecule has 1 saturated heterocycles. The summed E-state index contributed by atoms with van der Waals surface area (Å²) in [5, 5.41) is 39.8. The van der Waals surface area contributed by atoms with Gasteiger partial charge in [-0.05, 0) is 107 Å². The Morgan fingerprint density at radius 3 is 1.38 bits per heavy atom. The van der Waals surface area contributed by atoms with Crippen molar-refractivity contribution in [2.75, 3.05) is 87.9 Å². The minimum absolute atomic E-state index is 0.0324. The Morgan fingerprint density at radius 1 is 0.671 bits per heavy atom. The van der Waals surface area contributed by atoms with E-state index >= 15 is 0 Å². The number of carbonyl (C=O) groups is 4. The molecular weight excluding hydrogens is 1070 g/mol. The van der Waals surface area contributed by atoms with Gasteiger partial charge in [-0.25, -0.2) is 4.67 Å². The molecule has 3 aromatic rings. The molecule has 1 heterocycles. The second kappa shape index (κ2) is 56.3. The van der Waals surface area contributed by atoms with E-state index in [2.05, 4.69) is 54.8 Å². The molecule has 0 bridgehead atoms. The fourth-order valence-corrected chi connectivity index (χ4v) is 7.95. The number of carboxylic acids is 1. The van der Waals surface area contributed by atoms with Gasteiger partial charge in [-0.2, -0.15) is 5.26 Å². The minimum Gasteiger partial charge on any atom is -0.497 e. The topological polar surface area (TPSA) is 250 Å². The van der Waals surface area contributed by atoms with Crippen LogP contribution in [0.3, 0.4) is 0 Å². The van der Waals surface area contributed by atoms with Crippen molar-refractivity contribution in [1.82, 2.24) is 4.67 Å². The molecule has 3 aromatic carbocycles. The first kappa shape index (κ1) is 78.2. The first-order chi connectivity index (χ1) is 38.3. The largest absolute Gasteiger partial charge is 0.497 e. The van der Waals surface area contributed by atoms with Crippen LogP contribution in [0.25, 0.3) is 0 Å². The van der Waals surface area contributed by atoms with Gasteiger partial charge >= 0.3 is 23.9 Å². The molecule has 1 atom stereocenters. The van der Waals surface area contributed by atoms with Gasteiger partial charge in [0, 0.05) is 31.9 Å². The lowest BCUT2D eigenvalue weighted by Gasteiger charge is -2.35. The molecule has 0 saturated carbocycles. The lowest BCUT2D eigenvalue weighted by atomic mass is 9.84. The van der Waals surface area contributed by atoms with Gasteiger partial charge in [0.1, 0.15) is 16.4 Å². The first-order valence-corrected chi connectivity index (χ1v) is 27.9. The zero-order valence-electron chi connectivity index (χ0n) is 49.8. The zero-order chi connectivity index (χ0) is 61.4. The summed E-state index contributed by atoms with van der Waals surface area (Å²) in [5.74, 6) is -0.528. The summed E-state index contributed by atoms with van der Waals surface area (Å²) in [6.45, 7) is 20.4. The number of halogens is 2. The molecule has 1 aliphatic heterocycles. The van der Waals surface area contributed by atoms with E-state index in [0.29, 0.717) is 51.5 Å². The number of esters is 3. The Hall–Kier alpha value is -5.00. The number of nitriles is 1. The molecule has 79 heavy (non-hydrogen) atoms. The van der Waals surface area contributed by atoms with Gasteiger partial charge in [-0.1, -0.05) is 82.3 Å². The van der Waals surface area contributed by atoms with Gasteiger partial charge in [0.05, 0.1) is 108 Å². The molecule has 21 heteroatoms. The number of hydrogen-bond acceptors (Lipinski definition) is 17. The Balaban J connectivity index is -0.000000455. The lowest BCUT2D eigenvalue weighted by molar-refractivity contribution is -0.148. The zero-order valence-corrected chi connectivity index (χ0v) is 50.4. The molecular formula is C58H95ClFN2O16P. The number of carboxylic acid groups (broad SMARTS) is 1. The molecule has 1 fully saturated rings. The summed E-state index contributed by atoms with van der Waals surface area (Å²) in [7, 11) is 2.57. The highest BCUT2D eigenvalue weighted by molar-refractivity contribution is 7.44. The summed E-state index contributed by atoms with van der Waals surface area (Å²) < 4.78 is 58.4. The maximum Gasteiger partial charge on any atom is 0.306 e. The van der Waals surface area contributed by atoms with Crippen LogP contribution in [0.5, 0.6) is 11.5 Å². The third-order valence-corrected chi connectivity index (χ3v) is 12.4. The van der Waals surface area contributed by atoms with Crippen molar-refractivity contribution in [3.8, 4) is 17.6 Å². The highest BCUT2D eigenvalue weighted by Crippen LogP contribution is 2.46. The lowest BCUT2D eigenvalue weighted by Crippen LogP contribution is -2.33. The molecule has 0 radical (unpaired) electrons. The third-order valence-electron chi connectivity index (χ3n) is 9.60. The van der Waals surface area contributed by atoms with Crippen LogP contribution in [0, 0.1) is 11.3 Å². The van der Waals surface area contributed by atoms with Crippen LogP contribution in [0.15, 0.2) is 78.9 Å². The average Bonchev–Trinajstić information content (AvgIpc) is 4.08. The van der Waals surface area contributed by atoms with E-state index in [4.69, 9.17) is 66.7 Å². The van der Waals surface area contributed by atoms with Crippen LogP contribution in [0.1, 0.15) is 144 Å². The van der Waals surface area contributed by atoms with E-state index in [0.717, 1.165) is 67.1 Å². The Kier molecular flexibility index (Phi) is 55.7. The minimum atomic E-state index is -1.04. The van der Waals surface area contributed by atoms with E-state index in [9.17, 15) is 23.6 Å². The van der Waals surface area contributed by atoms with Gasteiger partial charge in [-0.3, -0.25) is 23.6 Å². The fourth-order valence-electron chi connectivity index (χ4n) is 5.89. The predicted octanol–water partition coefficient (Wildman–Crippen LogP) is 11.4. The number of aliphatic hydroxyl groups excluding tert-OH is 3. The Labute approximate surface area is 479 Å². The number of methoxy groups -OCH3 is 3. The molecule has 0 aromatic heterocycles. The molecule has 4 N–H and O–H groups in total. The van der Waals surface area contributed by atoms with E-state index in [1.54, 1.807) is 14.2 Å². The Morgan fingerprint density at radius 2 is 1.06 bits per heavy atom. The molecule has 1 aliphatic rings. The summed E-state index contributed by atoms with van der Waals surface area (Å²) in [6, 6.07) is 28.6. The quantitative estimate of drug-likeness (QED) is 0.0146. The van der Waals surface area contributed by atoms with Gasteiger partial charge in [-0.15, -0.1) is 11.6 Å². The number of carbonyl (C=O) groups excluding carboxylic acids is 3. The second-order valence-electron chi connectivity index (χ2n) is 16.8. The fraction of sp³-hybridized carbons (Fsp3) is 0.603. The molecule has 4 rings (SSSR count).